The summed E-state index contributed by atoms with van der Waals surface area (Å²) in [6.45, 7) is 2.34. The van der Waals surface area contributed by atoms with Crippen molar-refractivity contribution < 1.29 is 18.4 Å². The van der Waals surface area contributed by atoms with Gasteiger partial charge in [-0.2, -0.15) is 0 Å². The van der Waals surface area contributed by atoms with Crippen molar-refractivity contribution in [2.45, 2.75) is 19.8 Å². The van der Waals surface area contributed by atoms with E-state index < -0.39 is 17.7 Å². The molecule has 0 unspecified atom stereocenters. The van der Waals surface area contributed by atoms with Crippen molar-refractivity contribution >= 4 is 11.8 Å². The maximum atomic E-state index is 12.4. The van der Waals surface area contributed by atoms with E-state index in [4.69, 9.17) is 5.73 Å². The zero-order valence-corrected chi connectivity index (χ0v) is 11.1. The van der Waals surface area contributed by atoms with Gasteiger partial charge in [0, 0.05) is 36.1 Å². The zero-order valence-electron chi connectivity index (χ0n) is 11.1. The van der Waals surface area contributed by atoms with Gasteiger partial charge in [0.25, 0.3) is 5.91 Å². The average molecular weight is 282 g/mol. The molecule has 1 aliphatic heterocycles. The molecule has 1 aliphatic rings. The summed E-state index contributed by atoms with van der Waals surface area (Å²) in [5.74, 6) is -0.870. The van der Waals surface area contributed by atoms with Gasteiger partial charge in [-0.25, -0.2) is 8.78 Å². The fraction of sp³-hybridized carbons (Fsp3) is 0.429. The molecule has 0 aliphatic carbocycles. The second-order valence-electron chi connectivity index (χ2n) is 5.51. The van der Waals surface area contributed by atoms with E-state index in [1.807, 2.05) is 0 Å². The summed E-state index contributed by atoms with van der Waals surface area (Å²) in [5, 5.41) is 0. The number of amides is 2. The monoisotopic (exact) mass is 282 g/mol. The lowest BCUT2D eigenvalue weighted by Gasteiger charge is -2.48. The second kappa shape index (κ2) is 5.19. The van der Waals surface area contributed by atoms with Gasteiger partial charge in [-0.3, -0.25) is 9.59 Å². The third-order valence-electron chi connectivity index (χ3n) is 3.47. The Morgan fingerprint density at radius 3 is 2.50 bits per heavy atom. The van der Waals surface area contributed by atoms with Crippen LogP contribution in [0.5, 0.6) is 0 Å². The Hall–Kier alpha value is -1.98. The Kier molecular flexibility index (Phi) is 3.74. The number of rotatable bonds is 4. The van der Waals surface area contributed by atoms with Gasteiger partial charge >= 0.3 is 0 Å². The molecule has 2 N–H and O–H groups in total. The number of hydrogen-bond acceptors (Lipinski definition) is 2. The molecule has 0 radical (unpaired) electrons. The van der Waals surface area contributed by atoms with E-state index in [0.717, 1.165) is 0 Å². The van der Waals surface area contributed by atoms with Gasteiger partial charge < -0.3 is 10.6 Å². The Labute approximate surface area is 115 Å². The minimum Gasteiger partial charge on any atom is -0.366 e. The van der Waals surface area contributed by atoms with Crippen LogP contribution in [0.15, 0.2) is 24.3 Å². The lowest BCUT2D eigenvalue weighted by Crippen LogP contribution is -2.57. The van der Waals surface area contributed by atoms with E-state index in [1.54, 1.807) is 19.1 Å². The number of benzene rings is 1. The number of primary amides is 1. The second-order valence-corrected chi connectivity index (χ2v) is 5.51. The molecule has 1 fully saturated rings. The maximum absolute atomic E-state index is 12.4. The molecule has 108 valence electrons. The summed E-state index contributed by atoms with van der Waals surface area (Å²) in [6.07, 6.45) is -2.58. The molecule has 4 nitrogen and oxygen atoms in total. The number of carbonyl (C=O) groups is 2. The van der Waals surface area contributed by atoms with Gasteiger partial charge in [-0.15, -0.1) is 0 Å². The van der Waals surface area contributed by atoms with Crippen molar-refractivity contribution in [1.29, 1.82) is 0 Å². The van der Waals surface area contributed by atoms with Crippen LogP contribution in [0.2, 0.25) is 0 Å². The predicted molar refractivity (Wildman–Crippen MR) is 69.6 cm³/mol. The van der Waals surface area contributed by atoms with Crippen molar-refractivity contribution in [2.75, 3.05) is 13.1 Å². The average Bonchev–Trinajstić information content (AvgIpc) is 2.34. The number of nitrogens with zero attached hydrogens (tertiary/aromatic N) is 1. The maximum Gasteiger partial charge on any atom is 0.253 e. The highest BCUT2D eigenvalue weighted by Crippen LogP contribution is 2.36. The van der Waals surface area contributed by atoms with Crippen LogP contribution in [0.4, 0.5) is 8.78 Å². The number of likely N-dealkylation sites (tertiary alicyclic amines) is 1. The van der Waals surface area contributed by atoms with E-state index in [1.165, 1.54) is 17.0 Å². The van der Waals surface area contributed by atoms with Crippen molar-refractivity contribution in [3.05, 3.63) is 35.4 Å². The van der Waals surface area contributed by atoms with E-state index >= 15 is 0 Å². The molecule has 20 heavy (non-hydrogen) atoms. The highest BCUT2D eigenvalue weighted by Gasteiger charge is 2.43. The van der Waals surface area contributed by atoms with E-state index in [2.05, 4.69) is 0 Å². The molecule has 0 atom stereocenters. The molecule has 1 aromatic rings. The lowest BCUT2D eigenvalue weighted by atomic mass is 9.78. The number of hydrogen-bond donors (Lipinski definition) is 1. The molecule has 0 bridgehead atoms. The van der Waals surface area contributed by atoms with Crippen LogP contribution < -0.4 is 5.73 Å². The summed E-state index contributed by atoms with van der Waals surface area (Å²) in [5.41, 5.74) is 5.24. The van der Waals surface area contributed by atoms with Gasteiger partial charge in [0.05, 0.1) is 0 Å². The standard InChI is InChI=1S/C14H16F2N2O2/c1-14(6-11(15)16)7-18(8-14)13(20)10-4-2-3-9(5-10)12(17)19/h2-5,11H,6-8H2,1H3,(H2,17,19). The lowest BCUT2D eigenvalue weighted by molar-refractivity contribution is -0.0219. The predicted octanol–water partition coefficient (Wildman–Crippen LogP) is 1.90. The number of halogens is 2. The van der Waals surface area contributed by atoms with Gasteiger partial charge in [0.15, 0.2) is 0 Å². The van der Waals surface area contributed by atoms with Gasteiger partial charge in [-0.1, -0.05) is 13.0 Å². The SMILES string of the molecule is CC1(CC(F)F)CN(C(=O)c2cccc(C(N)=O)c2)C1. The molecule has 1 aromatic carbocycles. The normalized spacial score (nSPS) is 16.9. The van der Waals surface area contributed by atoms with Crippen LogP contribution in [0.1, 0.15) is 34.1 Å². The highest BCUT2D eigenvalue weighted by molar-refractivity contribution is 5.99. The first-order valence-electron chi connectivity index (χ1n) is 6.28. The summed E-state index contributed by atoms with van der Waals surface area (Å²) in [4.78, 5) is 24.7. The van der Waals surface area contributed by atoms with Gasteiger partial charge in [-0.05, 0) is 18.2 Å². The van der Waals surface area contributed by atoms with Crippen LogP contribution in [0.3, 0.4) is 0 Å². The molecule has 0 saturated carbocycles. The first-order valence-corrected chi connectivity index (χ1v) is 6.28. The quantitative estimate of drug-likeness (QED) is 0.916. The summed E-state index contributed by atoms with van der Waals surface area (Å²) in [7, 11) is 0. The van der Waals surface area contributed by atoms with Crippen LogP contribution in [-0.4, -0.2) is 36.2 Å². The molecular weight excluding hydrogens is 266 g/mol. The topological polar surface area (TPSA) is 63.4 Å². The molecule has 6 heteroatoms. The highest BCUT2D eigenvalue weighted by atomic mass is 19.3. The number of alkyl halides is 2. The Morgan fingerprint density at radius 1 is 1.35 bits per heavy atom. The number of carbonyl (C=O) groups excluding carboxylic acids is 2. The Bertz CT molecular complexity index is 540. The third-order valence-corrected chi connectivity index (χ3v) is 3.47. The van der Waals surface area contributed by atoms with E-state index in [9.17, 15) is 18.4 Å². The van der Waals surface area contributed by atoms with E-state index in [0.29, 0.717) is 18.7 Å². The van der Waals surface area contributed by atoms with Crippen molar-refractivity contribution in [3.63, 3.8) is 0 Å². The Balaban J connectivity index is 2.04. The van der Waals surface area contributed by atoms with Crippen LogP contribution in [0, 0.1) is 5.41 Å². The summed E-state index contributed by atoms with van der Waals surface area (Å²) >= 11 is 0. The molecule has 2 rings (SSSR count). The fourth-order valence-corrected chi connectivity index (χ4v) is 2.51. The molecule has 0 aromatic heterocycles. The van der Waals surface area contributed by atoms with Crippen molar-refractivity contribution in [3.8, 4) is 0 Å². The Morgan fingerprint density at radius 2 is 1.95 bits per heavy atom. The molecular formula is C14H16F2N2O2. The van der Waals surface area contributed by atoms with Crippen molar-refractivity contribution in [1.82, 2.24) is 4.90 Å². The first-order chi connectivity index (χ1) is 9.31. The van der Waals surface area contributed by atoms with Crippen LogP contribution >= 0.6 is 0 Å². The largest absolute Gasteiger partial charge is 0.366 e. The summed E-state index contributed by atoms with van der Waals surface area (Å²) in [6, 6.07) is 6.10. The molecule has 1 saturated heterocycles. The minimum absolute atomic E-state index is 0.210. The molecule has 0 spiro atoms. The van der Waals surface area contributed by atoms with Crippen LogP contribution in [-0.2, 0) is 0 Å². The van der Waals surface area contributed by atoms with Gasteiger partial charge in [0.2, 0.25) is 12.3 Å². The first kappa shape index (κ1) is 14.4. The third kappa shape index (κ3) is 2.95. The zero-order chi connectivity index (χ0) is 14.9. The smallest absolute Gasteiger partial charge is 0.253 e. The summed E-state index contributed by atoms with van der Waals surface area (Å²) < 4.78 is 24.8. The fourth-order valence-electron chi connectivity index (χ4n) is 2.51. The molecule has 1 heterocycles. The number of nitrogens with two attached hydrogens (primary N) is 1. The van der Waals surface area contributed by atoms with Crippen molar-refractivity contribution in [2.24, 2.45) is 11.1 Å². The minimum atomic E-state index is -2.37. The van der Waals surface area contributed by atoms with Crippen LogP contribution in [0.25, 0.3) is 0 Å². The van der Waals surface area contributed by atoms with E-state index in [-0.39, 0.29) is 17.9 Å². The van der Waals surface area contributed by atoms with Gasteiger partial charge in [0.1, 0.15) is 0 Å². The molecule has 2 amide bonds.